The van der Waals surface area contributed by atoms with Gasteiger partial charge in [-0.15, -0.1) is 0 Å². The highest BCUT2D eigenvalue weighted by atomic mass is 16.2. The molecule has 2 N–H and O–H groups in total. The van der Waals surface area contributed by atoms with Gasteiger partial charge in [-0.1, -0.05) is 30.3 Å². The molecule has 0 bridgehead atoms. The quantitative estimate of drug-likeness (QED) is 0.861. The monoisotopic (exact) mass is 247 g/mol. The number of piperazine rings is 1. The standard InChI is InChI=1S/C14H21N3O/c1-12(18)16-7-9-17(10-8-16)14(11-15)13-5-3-2-4-6-13/h2-6,14H,7-11,15H2,1H3. The SMILES string of the molecule is CC(=O)N1CCN(C(CN)c2ccccc2)CC1. The van der Waals surface area contributed by atoms with Crippen LogP contribution in [0.4, 0.5) is 0 Å². The Morgan fingerprint density at radius 1 is 1.22 bits per heavy atom. The molecule has 0 aliphatic carbocycles. The Morgan fingerprint density at radius 3 is 2.33 bits per heavy atom. The van der Waals surface area contributed by atoms with Gasteiger partial charge in [-0.05, 0) is 5.56 Å². The topological polar surface area (TPSA) is 49.6 Å². The van der Waals surface area contributed by atoms with Crippen LogP contribution < -0.4 is 5.73 Å². The summed E-state index contributed by atoms with van der Waals surface area (Å²) in [5.41, 5.74) is 7.17. The molecule has 1 heterocycles. The van der Waals surface area contributed by atoms with E-state index in [1.165, 1.54) is 5.56 Å². The largest absolute Gasteiger partial charge is 0.340 e. The lowest BCUT2D eigenvalue weighted by Gasteiger charge is -2.38. The number of hydrogen-bond acceptors (Lipinski definition) is 3. The highest BCUT2D eigenvalue weighted by Crippen LogP contribution is 2.20. The number of carbonyl (C=O) groups is 1. The van der Waals surface area contributed by atoms with E-state index in [-0.39, 0.29) is 11.9 Å². The molecule has 98 valence electrons. The van der Waals surface area contributed by atoms with E-state index in [1.54, 1.807) is 6.92 Å². The number of nitrogens with two attached hydrogens (primary N) is 1. The van der Waals surface area contributed by atoms with Crippen molar-refractivity contribution in [2.45, 2.75) is 13.0 Å². The van der Waals surface area contributed by atoms with Crippen molar-refractivity contribution in [2.24, 2.45) is 5.73 Å². The molecule has 1 amide bonds. The van der Waals surface area contributed by atoms with Gasteiger partial charge in [0.2, 0.25) is 5.91 Å². The van der Waals surface area contributed by atoms with E-state index >= 15 is 0 Å². The zero-order valence-electron chi connectivity index (χ0n) is 10.9. The zero-order valence-corrected chi connectivity index (χ0v) is 10.9. The number of hydrogen-bond donors (Lipinski definition) is 1. The van der Waals surface area contributed by atoms with Crippen LogP contribution in [-0.2, 0) is 4.79 Å². The Labute approximate surface area is 108 Å². The molecule has 4 nitrogen and oxygen atoms in total. The summed E-state index contributed by atoms with van der Waals surface area (Å²) in [6, 6.07) is 10.6. The van der Waals surface area contributed by atoms with E-state index in [0.29, 0.717) is 6.54 Å². The Balaban J connectivity index is 2.01. The molecule has 1 unspecified atom stereocenters. The molecular formula is C14H21N3O. The van der Waals surface area contributed by atoms with Crippen LogP contribution in [-0.4, -0.2) is 48.4 Å². The van der Waals surface area contributed by atoms with Gasteiger partial charge < -0.3 is 10.6 Å². The molecule has 4 heteroatoms. The molecule has 0 saturated carbocycles. The Morgan fingerprint density at radius 2 is 1.83 bits per heavy atom. The lowest BCUT2D eigenvalue weighted by Crippen LogP contribution is -2.50. The smallest absolute Gasteiger partial charge is 0.219 e. The average molecular weight is 247 g/mol. The fraction of sp³-hybridized carbons (Fsp3) is 0.500. The summed E-state index contributed by atoms with van der Waals surface area (Å²) in [6.07, 6.45) is 0. The van der Waals surface area contributed by atoms with Crippen LogP contribution in [0, 0.1) is 0 Å². The lowest BCUT2D eigenvalue weighted by atomic mass is 10.0. The minimum atomic E-state index is 0.165. The highest BCUT2D eigenvalue weighted by molar-refractivity contribution is 5.73. The first-order chi connectivity index (χ1) is 8.72. The second-order valence-electron chi connectivity index (χ2n) is 4.70. The second kappa shape index (κ2) is 5.98. The maximum Gasteiger partial charge on any atom is 0.219 e. The van der Waals surface area contributed by atoms with Gasteiger partial charge in [0.25, 0.3) is 0 Å². The average Bonchev–Trinajstić information content (AvgIpc) is 2.41. The van der Waals surface area contributed by atoms with Gasteiger partial charge in [0.15, 0.2) is 0 Å². The third-order valence-electron chi connectivity index (χ3n) is 3.61. The van der Waals surface area contributed by atoms with E-state index in [1.807, 2.05) is 23.1 Å². The molecule has 0 aromatic heterocycles. The minimum absolute atomic E-state index is 0.165. The maximum atomic E-state index is 11.3. The van der Waals surface area contributed by atoms with Crippen molar-refractivity contribution in [2.75, 3.05) is 32.7 Å². The van der Waals surface area contributed by atoms with Crippen LogP contribution >= 0.6 is 0 Å². The molecule has 0 spiro atoms. The van der Waals surface area contributed by atoms with Gasteiger partial charge in [0, 0.05) is 45.7 Å². The van der Waals surface area contributed by atoms with E-state index in [9.17, 15) is 4.79 Å². The summed E-state index contributed by atoms with van der Waals surface area (Å²) in [5, 5.41) is 0. The fourth-order valence-electron chi connectivity index (χ4n) is 2.52. The highest BCUT2D eigenvalue weighted by Gasteiger charge is 2.24. The van der Waals surface area contributed by atoms with Gasteiger partial charge >= 0.3 is 0 Å². The van der Waals surface area contributed by atoms with Crippen LogP contribution in [0.1, 0.15) is 18.5 Å². The molecule has 1 aromatic carbocycles. The summed E-state index contributed by atoms with van der Waals surface area (Å²) in [4.78, 5) is 15.6. The minimum Gasteiger partial charge on any atom is -0.340 e. The first-order valence-corrected chi connectivity index (χ1v) is 6.47. The molecule has 0 radical (unpaired) electrons. The summed E-state index contributed by atoms with van der Waals surface area (Å²) in [5.74, 6) is 0.165. The van der Waals surface area contributed by atoms with Crippen LogP contribution in [0.15, 0.2) is 30.3 Å². The Bertz CT molecular complexity index is 385. The number of carbonyl (C=O) groups excluding carboxylic acids is 1. The molecule has 1 atom stereocenters. The van der Waals surface area contributed by atoms with Gasteiger partial charge in [0.05, 0.1) is 0 Å². The summed E-state index contributed by atoms with van der Waals surface area (Å²) in [7, 11) is 0. The third-order valence-corrected chi connectivity index (χ3v) is 3.61. The van der Waals surface area contributed by atoms with E-state index in [0.717, 1.165) is 26.2 Å². The molecule has 1 aliphatic heterocycles. The summed E-state index contributed by atoms with van der Waals surface area (Å²) in [6.45, 7) is 5.65. The third kappa shape index (κ3) is 2.89. The second-order valence-corrected chi connectivity index (χ2v) is 4.70. The Hall–Kier alpha value is -1.39. The predicted molar refractivity (Wildman–Crippen MR) is 72.1 cm³/mol. The number of benzene rings is 1. The molecule has 2 rings (SSSR count). The molecular weight excluding hydrogens is 226 g/mol. The van der Waals surface area contributed by atoms with Crippen LogP contribution in [0.25, 0.3) is 0 Å². The molecule has 1 saturated heterocycles. The lowest BCUT2D eigenvalue weighted by molar-refractivity contribution is -0.130. The summed E-state index contributed by atoms with van der Waals surface area (Å²) < 4.78 is 0. The summed E-state index contributed by atoms with van der Waals surface area (Å²) >= 11 is 0. The first-order valence-electron chi connectivity index (χ1n) is 6.47. The predicted octanol–water partition coefficient (Wildman–Crippen LogP) is 0.850. The van der Waals surface area contributed by atoms with E-state index in [4.69, 9.17) is 5.73 Å². The van der Waals surface area contributed by atoms with Crippen molar-refractivity contribution in [1.82, 2.24) is 9.80 Å². The number of rotatable bonds is 3. The van der Waals surface area contributed by atoms with Gasteiger partial charge in [0.1, 0.15) is 0 Å². The van der Waals surface area contributed by atoms with Crippen LogP contribution in [0.3, 0.4) is 0 Å². The zero-order chi connectivity index (χ0) is 13.0. The normalized spacial score (nSPS) is 18.7. The van der Waals surface area contributed by atoms with Crippen molar-refractivity contribution >= 4 is 5.91 Å². The van der Waals surface area contributed by atoms with Crippen LogP contribution in [0.5, 0.6) is 0 Å². The molecule has 1 aliphatic rings. The van der Waals surface area contributed by atoms with Crippen molar-refractivity contribution in [3.63, 3.8) is 0 Å². The fourth-order valence-corrected chi connectivity index (χ4v) is 2.52. The number of nitrogens with zero attached hydrogens (tertiary/aromatic N) is 2. The number of amides is 1. The van der Waals surface area contributed by atoms with Crippen LogP contribution in [0.2, 0.25) is 0 Å². The van der Waals surface area contributed by atoms with Gasteiger partial charge in [-0.3, -0.25) is 9.69 Å². The first kappa shape index (κ1) is 13.1. The molecule has 1 fully saturated rings. The van der Waals surface area contributed by atoms with Crippen molar-refractivity contribution in [1.29, 1.82) is 0 Å². The van der Waals surface area contributed by atoms with E-state index < -0.39 is 0 Å². The molecule has 18 heavy (non-hydrogen) atoms. The van der Waals surface area contributed by atoms with E-state index in [2.05, 4.69) is 17.0 Å². The molecule has 1 aromatic rings. The van der Waals surface area contributed by atoms with Crippen molar-refractivity contribution in [3.05, 3.63) is 35.9 Å². The van der Waals surface area contributed by atoms with Crippen molar-refractivity contribution in [3.8, 4) is 0 Å². The Kier molecular flexibility index (Phi) is 4.33. The van der Waals surface area contributed by atoms with Gasteiger partial charge in [-0.25, -0.2) is 0 Å². The van der Waals surface area contributed by atoms with Gasteiger partial charge in [-0.2, -0.15) is 0 Å². The maximum absolute atomic E-state index is 11.3. The van der Waals surface area contributed by atoms with Crippen molar-refractivity contribution < 1.29 is 4.79 Å².